The average molecular weight is 182 g/mol. The van der Waals surface area contributed by atoms with Gasteiger partial charge in [0, 0.05) is 18.6 Å². The average Bonchev–Trinajstić information content (AvgIpc) is 2.71. The molecule has 1 atom stereocenters. The molecule has 0 spiro atoms. The summed E-state index contributed by atoms with van der Waals surface area (Å²) in [7, 11) is 2.10. The number of piperidine rings is 1. The van der Waals surface area contributed by atoms with Crippen LogP contribution in [0.2, 0.25) is 0 Å². The van der Waals surface area contributed by atoms with Crippen LogP contribution in [0.15, 0.2) is 0 Å². The van der Waals surface area contributed by atoms with Crippen molar-refractivity contribution in [3.8, 4) is 0 Å². The molecule has 0 aromatic heterocycles. The Labute approximate surface area is 81.7 Å². The minimum absolute atomic E-state index is 0.759. The van der Waals surface area contributed by atoms with E-state index in [-0.39, 0.29) is 0 Å². The van der Waals surface area contributed by atoms with E-state index >= 15 is 0 Å². The van der Waals surface area contributed by atoms with Crippen molar-refractivity contribution in [3.05, 3.63) is 0 Å². The van der Waals surface area contributed by atoms with Gasteiger partial charge in [-0.3, -0.25) is 4.90 Å². The van der Waals surface area contributed by atoms with Crippen molar-refractivity contribution in [2.75, 3.05) is 20.1 Å². The molecule has 1 aliphatic carbocycles. The van der Waals surface area contributed by atoms with Gasteiger partial charge in [0.05, 0.1) is 0 Å². The summed E-state index contributed by atoms with van der Waals surface area (Å²) >= 11 is 0. The molecule has 2 nitrogen and oxygen atoms in total. The number of likely N-dealkylation sites (tertiary alicyclic amines) is 1. The van der Waals surface area contributed by atoms with Gasteiger partial charge in [0.25, 0.3) is 0 Å². The smallest absolute Gasteiger partial charge is 0.0192 e. The number of nitrogens with zero attached hydrogens (tertiary/aromatic N) is 1. The third kappa shape index (κ3) is 2.23. The van der Waals surface area contributed by atoms with E-state index in [1.165, 1.54) is 51.6 Å². The Morgan fingerprint density at radius 1 is 1.08 bits per heavy atom. The fourth-order valence-corrected chi connectivity index (χ4v) is 2.84. The molecule has 1 saturated heterocycles. The van der Waals surface area contributed by atoms with Gasteiger partial charge in [-0.25, -0.2) is 0 Å². The highest BCUT2D eigenvalue weighted by atomic mass is 15.2. The van der Waals surface area contributed by atoms with Crippen LogP contribution in [-0.4, -0.2) is 37.1 Å². The van der Waals surface area contributed by atoms with Crippen molar-refractivity contribution in [2.45, 2.75) is 50.6 Å². The van der Waals surface area contributed by atoms with E-state index in [1.54, 1.807) is 0 Å². The predicted molar refractivity (Wildman–Crippen MR) is 55.9 cm³/mol. The van der Waals surface area contributed by atoms with Crippen molar-refractivity contribution >= 4 is 0 Å². The number of hydrogen-bond donors (Lipinski definition) is 1. The zero-order valence-electron chi connectivity index (χ0n) is 8.76. The molecular formula is C11H22N2. The molecule has 0 amide bonds. The van der Waals surface area contributed by atoms with E-state index in [9.17, 15) is 0 Å². The summed E-state index contributed by atoms with van der Waals surface area (Å²) < 4.78 is 0. The van der Waals surface area contributed by atoms with Crippen LogP contribution in [0.25, 0.3) is 0 Å². The normalized spacial score (nSPS) is 32.5. The van der Waals surface area contributed by atoms with Crippen LogP contribution in [0.1, 0.15) is 38.5 Å². The van der Waals surface area contributed by atoms with Crippen molar-refractivity contribution in [3.63, 3.8) is 0 Å². The van der Waals surface area contributed by atoms with Crippen LogP contribution in [0, 0.1) is 0 Å². The van der Waals surface area contributed by atoms with E-state index in [0.29, 0.717) is 0 Å². The first-order chi connectivity index (χ1) is 6.40. The fourth-order valence-electron chi connectivity index (χ4n) is 2.84. The van der Waals surface area contributed by atoms with Crippen LogP contribution in [0.5, 0.6) is 0 Å². The Balaban J connectivity index is 1.84. The summed E-state index contributed by atoms with van der Waals surface area (Å²) in [6.07, 6.45) is 8.60. The monoisotopic (exact) mass is 182 g/mol. The van der Waals surface area contributed by atoms with Gasteiger partial charge in [0.15, 0.2) is 0 Å². The molecule has 76 valence electrons. The van der Waals surface area contributed by atoms with Gasteiger partial charge in [0.2, 0.25) is 0 Å². The van der Waals surface area contributed by atoms with Crippen LogP contribution in [0.4, 0.5) is 0 Å². The Kier molecular flexibility index (Phi) is 3.23. The quantitative estimate of drug-likeness (QED) is 0.698. The maximum Gasteiger partial charge on any atom is 0.0192 e. The largest absolute Gasteiger partial charge is 0.316 e. The molecule has 2 aliphatic rings. The van der Waals surface area contributed by atoms with E-state index in [0.717, 1.165) is 12.1 Å². The second-order valence-electron chi connectivity index (χ2n) is 4.56. The number of hydrogen-bond acceptors (Lipinski definition) is 2. The molecule has 0 unspecified atom stereocenters. The first-order valence-corrected chi connectivity index (χ1v) is 5.81. The van der Waals surface area contributed by atoms with Gasteiger partial charge >= 0.3 is 0 Å². The Bertz CT molecular complexity index is 152. The molecule has 1 heterocycles. The number of rotatable bonds is 2. The van der Waals surface area contributed by atoms with Gasteiger partial charge in [-0.05, 0) is 39.3 Å². The molecule has 2 rings (SSSR count). The lowest BCUT2D eigenvalue weighted by Crippen LogP contribution is -2.47. The van der Waals surface area contributed by atoms with Crippen molar-refractivity contribution in [1.29, 1.82) is 0 Å². The number of nitrogens with one attached hydrogen (secondary N) is 1. The van der Waals surface area contributed by atoms with Crippen molar-refractivity contribution < 1.29 is 0 Å². The lowest BCUT2D eigenvalue weighted by atomic mass is 10.0. The summed E-state index contributed by atoms with van der Waals surface area (Å²) in [6.45, 7) is 2.64. The van der Waals surface area contributed by atoms with Crippen LogP contribution >= 0.6 is 0 Å². The molecule has 0 bridgehead atoms. The second kappa shape index (κ2) is 4.43. The highest BCUT2D eigenvalue weighted by Gasteiger charge is 2.26. The highest BCUT2D eigenvalue weighted by molar-refractivity contribution is 4.84. The minimum Gasteiger partial charge on any atom is -0.316 e. The van der Waals surface area contributed by atoms with Crippen molar-refractivity contribution in [1.82, 2.24) is 10.2 Å². The molecule has 1 saturated carbocycles. The van der Waals surface area contributed by atoms with E-state index < -0.39 is 0 Å². The lowest BCUT2D eigenvalue weighted by molar-refractivity contribution is 0.141. The van der Waals surface area contributed by atoms with Crippen LogP contribution in [-0.2, 0) is 0 Å². The zero-order chi connectivity index (χ0) is 9.10. The molecule has 13 heavy (non-hydrogen) atoms. The fraction of sp³-hybridized carbons (Fsp3) is 1.00. The standard InChI is InChI=1S/C11H22N2/c1-12-10-5-4-8-13(9-10)11-6-2-3-7-11/h10-12H,2-9H2,1H3/t10-/m0/s1. The first kappa shape index (κ1) is 9.47. The molecule has 0 aromatic carbocycles. The Morgan fingerprint density at radius 2 is 1.85 bits per heavy atom. The first-order valence-electron chi connectivity index (χ1n) is 5.81. The van der Waals surface area contributed by atoms with Gasteiger partial charge in [-0.2, -0.15) is 0 Å². The minimum atomic E-state index is 0.759. The molecule has 1 N–H and O–H groups in total. The summed E-state index contributed by atoms with van der Waals surface area (Å²) in [5, 5.41) is 3.42. The van der Waals surface area contributed by atoms with Gasteiger partial charge in [0.1, 0.15) is 0 Å². The van der Waals surface area contributed by atoms with Crippen molar-refractivity contribution in [2.24, 2.45) is 0 Å². The molecular weight excluding hydrogens is 160 g/mol. The summed E-state index contributed by atoms with van der Waals surface area (Å²) in [6, 6.07) is 1.69. The topological polar surface area (TPSA) is 15.3 Å². The second-order valence-corrected chi connectivity index (χ2v) is 4.56. The van der Waals surface area contributed by atoms with Crippen LogP contribution in [0.3, 0.4) is 0 Å². The molecule has 1 aliphatic heterocycles. The van der Waals surface area contributed by atoms with Gasteiger partial charge < -0.3 is 5.32 Å². The Hall–Kier alpha value is -0.0800. The van der Waals surface area contributed by atoms with E-state index in [2.05, 4.69) is 17.3 Å². The van der Waals surface area contributed by atoms with Crippen LogP contribution < -0.4 is 5.32 Å². The number of likely N-dealkylation sites (N-methyl/N-ethyl adjacent to an activating group) is 1. The SMILES string of the molecule is CN[C@H]1CCCN(C2CCCC2)C1. The molecule has 0 aromatic rings. The molecule has 0 radical (unpaired) electrons. The maximum atomic E-state index is 3.42. The lowest BCUT2D eigenvalue weighted by Gasteiger charge is -2.36. The van der Waals surface area contributed by atoms with Gasteiger partial charge in [-0.15, -0.1) is 0 Å². The predicted octanol–water partition coefficient (Wildman–Crippen LogP) is 1.61. The Morgan fingerprint density at radius 3 is 2.54 bits per heavy atom. The molecule has 2 fully saturated rings. The van der Waals surface area contributed by atoms with Gasteiger partial charge in [-0.1, -0.05) is 12.8 Å². The van der Waals surface area contributed by atoms with E-state index in [1.807, 2.05) is 0 Å². The third-order valence-electron chi connectivity index (χ3n) is 3.70. The third-order valence-corrected chi connectivity index (χ3v) is 3.70. The zero-order valence-corrected chi connectivity index (χ0v) is 8.76. The highest BCUT2D eigenvalue weighted by Crippen LogP contribution is 2.25. The molecule has 2 heteroatoms. The summed E-state index contributed by atoms with van der Waals surface area (Å²) in [4.78, 5) is 2.72. The summed E-state index contributed by atoms with van der Waals surface area (Å²) in [5.41, 5.74) is 0. The summed E-state index contributed by atoms with van der Waals surface area (Å²) in [5.74, 6) is 0. The van der Waals surface area contributed by atoms with E-state index in [4.69, 9.17) is 0 Å². The maximum absolute atomic E-state index is 3.42.